The second kappa shape index (κ2) is 4.30. The van der Waals surface area contributed by atoms with E-state index in [1.807, 2.05) is 19.1 Å². The Bertz CT molecular complexity index is 405. The van der Waals surface area contributed by atoms with Crippen LogP contribution < -0.4 is 0 Å². The predicted molar refractivity (Wildman–Crippen MR) is 59.4 cm³/mol. The highest BCUT2D eigenvalue weighted by atomic mass is 16.5. The van der Waals surface area contributed by atoms with Crippen LogP contribution in [0.1, 0.15) is 24.5 Å². The van der Waals surface area contributed by atoms with E-state index >= 15 is 0 Å². The van der Waals surface area contributed by atoms with E-state index in [1.54, 1.807) is 0 Å². The maximum atomic E-state index is 11.3. The molecule has 1 aromatic rings. The maximum absolute atomic E-state index is 11.3. The van der Waals surface area contributed by atoms with Crippen LogP contribution >= 0.6 is 0 Å². The van der Waals surface area contributed by atoms with Gasteiger partial charge in [0.15, 0.2) is 0 Å². The van der Waals surface area contributed by atoms with Gasteiger partial charge < -0.3 is 4.74 Å². The number of hydrogen-bond donors (Lipinski definition) is 0. The van der Waals surface area contributed by atoms with Gasteiger partial charge in [-0.15, -0.1) is 0 Å². The summed E-state index contributed by atoms with van der Waals surface area (Å²) in [7, 11) is 0. The molecule has 0 atom stereocenters. The number of hydrogen-bond acceptors (Lipinski definition) is 2. The van der Waals surface area contributed by atoms with Gasteiger partial charge in [0.05, 0.1) is 13.0 Å². The first-order valence-corrected chi connectivity index (χ1v) is 5.24. The molecule has 1 aliphatic rings. The Morgan fingerprint density at radius 1 is 1.40 bits per heavy atom. The Hall–Kier alpha value is -1.57. The fourth-order valence-corrected chi connectivity index (χ4v) is 1.89. The topological polar surface area (TPSA) is 26.3 Å². The van der Waals surface area contributed by atoms with Crippen molar-refractivity contribution in [2.45, 2.75) is 19.8 Å². The van der Waals surface area contributed by atoms with Crippen molar-refractivity contribution in [1.82, 2.24) is 0 Å². The minimum Gasteiger partial charge on any atom is -0.466 e. The quantitative estimate of drug-likeness (QED) is 0.704. The van der Waals surface area contributed by atoms with Gasteiger partial charge in [0, 0.05) is 0 Å². The van der Waals surface area contributed by atoms with Gasteiger partial charge in [0.25, 0.3) is 0 Å². The fourth-order valence-electron chi connectivity index (χ4n) is 1.89. The summed E-state index contributed by atoms with van der Waals surface area (Å²) in [6, 6.07) is 8.19. The molecule has 0 spiro atoms. The fraction of sp³-hybridized carbons (Fsp3) is 0.308. The molecule has 0 aromatic heterocycles. The summed E-state index contributed by atoms with van der Waals surface area (Å²) in [4.78, 5) is 11.3. The highest BCUT2D eigenvalue weighted by Gasteiger charge is 2.16. The molecule has 0 N–H and O–H groups in total. The average Bonchev–Trinajstić information content (AvgIpc) is 2.62. The third kappa shape index (κ3) is 2.09. The van der Waals surface area contributed by atoms with Crippen LogP contribution in [-0.4, -0.2) is 12.6 Å². The van der Waals surface area contributed by atoms with E-state index in [2.05, 4.69) is 18.2 Å². The summed E-state index contributed by atoms with van der Waals surface area (Å²) in [6.07, 6.45) is 3.44. The molecule has 78 valence electrons. The molecule has 2 nitrogen and oxygen atoms in total. The van der Waals surface area contributed by atoms with Crippen LogP contribution in [0.15, 0.2) is 30.3 Å². The molecule has 2 rings (SSSR count). The summed E-state index contributed by atoms with van der Waals surface area (Å²) >= 11 is 0. The van der Waals surface area contributed by atoms with Gasteiger partial charge in [-0.2, -0.15) is 0 Å². The van der Waals surface area contributed by atoms with Crippen molar-refractivity contribution in [3.05, 3.63) is 41.5 Å². The zero-order chi connectivity index (χ0) is 10.7. The van der Waals surface area contributed by atoms with E-state index in [0.29, 0.717) is 13.0 Å². The Balaban J connectivity index is 2.10. The maximum Gasteiger partial charge on any atom is 0.310 e. The lowest BCUT2D eigenvalue weighted by molar-refractivity contribution is -0.141. The molecule has 0 bridgehead atoms. The average molecular weight is 202 g/mol. The standard InChI is InChI=1S/C13H14O2/c1-2-15-13(14)9-11-8-7-10-5-3-4-6-12(10)11/h3-6,8H,2,7,9H2,1H3. The Morgan fingerprint density at radius 3 is 3.00 bits per heavy atom. The van der Waals surface area contributed by atoms with Crippen molar-refractivity contribution >= 4 is 11.5 Å². The van der Waals surface area contributed by atoms with E-state index < -0.39 is 0 Å². The molecule has 0 heterocycles. The van der Waals surface area contributed by atoms with Gasteiger partial charge >= 0.3 is 5.97 Å². The number of rotatable bonds is 3. The van der Waals surface area contributed by atoms with Crippen molar-refractivity contribution in [2.24, 2.45) is 0 Å². The van der Waals surface area contributed by atoms with Gasteiger partial charge in [-0.25, -0.2) is 0 Å². The van der Waals surface area contributed by atoms with Crippen LogP contribution in [0.2, 0.25) is 0 Å². The lowest BCUT2D eigenvalue weighted by Gasteiger charge is -2.05. The van der Waals surface area contributed by atoms with Crippen LogP contribution in [-0.2, 0) is 16.0 Å². The molecular weight excluding hydrogens is 188 g/mol. The molecule has 1 aliphatic carbocycles. The van der Waals surface area contributed by atoms with E-state index in [9.17, 15) is 4.79 Å². The molecule has 0 saturated heterocycles. The smallest absolute Gasteiger partial charge is 0.310 e. The van der Waals surface area contributed by atoms with Crippen molar-refractivity contribution in [3.63, 3.8) is 0 Å². The second-order valence-electron chi connectivity index (χ2n) is 3.57. The molecule has 1 aromatic carbocycles. The number of esters is 1. The third-order valence-corrected chi connectivity index (χ3v) is 2.57. The Morgan fingerprint density at radius 2 is 2.20 bits per heavy atom. The molecule has 0 amide bonds. The minimum atomic E-state index is -0.138. The van der Waals surface area contributed by atoms with Gasteiger partial charge in [-0.3, -0.25) is 4.79 Å². The van der Waals surface area contributed by atoms with E-state index in [4.69, 9.17) is 4.74 Å². The Labute approximate surface area is 89.6 Å². The predicted octanol–water partition coefficient (Wildman–Crippen LogP) is 2.58. The highest BCUT2D eigenvalue weighted by Crippen LogP contribution is 2.29. The minimum absolute atomic E-state index is 0.138. The second-order valence-corrected chi connectivity index (χ2v) is 3.57. The van der Waals surface area contributed by atoms with E-state index in [0.717, 1.165) is 12.0 Å². The van der Waals surface area contributed by atoms with Crippen molar-refractivity contribution in [2.75, 3.05) is 6.61 Å². The molecule has 0 unspecified atom stereocenters. The summed E-state index contributed by atoms with van der Waals surface area (Å²) < 4.78 is 4.94. The molecule has 0 saturated carbocycles. The largest absolute Gasteiger partial charge is 0.466 e. The summed E-state index contributed by atoms with van der Waals surface area (Å²) in [5, 5.41) is 0. The van der Waals surface area contributed by atoms with Crippen LogP contribution in [0.3, 0.4) is 0 Å². The normalized spacial score (nSPS) is 13.3. The van der Waals surface area contributed by atoms with Gasteiger partial charge in [-0.1, -0.05) is 30.3 Å². The summed E-state index contributed by atoms with van der Waals surface area (Å²) in [6.45, 7) is 2.28. The van der Waals surface area contributed by atoms with Crippen LogP contribution in [0.5, 0.6) is 0 Å². The number of ether oxygens (including phenoxy) is 1. The molecular formula is C13H14O2. The molecule has 0 radical (unpaired) electrons. The zero-order valence-electron chi connectivity index (χ0n) is 8.82. The van der Waals surface area contributed by atoms with Crippen LogP contribution in [0, 0.1) is 0 Å². The molecule has 2 heteroatoms. The lowest BCUT2D eigenvalue weighted by atomic mass is 10.0. The molecule has 0 fully saturated rings. The number of carbonyl (C=O) groups excluding carboxylic acids is 1. The zero-order valence-corrected chi connectivity index (χ0v) is 8.82. The van der Waals surface area contributed by atoms with Crippen molar-refractivity contribution in [1.29, 1.82) is 0 Å². The van der Waals surface area contributed by atoms with Gasteiger partial charge in [-0.05, 0) is 30.0 Å². The Kier molecular flexibility index (Phi) is 2.86. The lowest BCUT2D eigenvalue weighted by Crippen LogP contribution is -2.04. The van der Waals surface area contributed by atoms with Crippen molar-refractivity contribution < 1.29 is 9.53 Å². The number of fused-ring (bicyclic) bond motifs is 1. The first-order chi connectivity index (χ1) is 7.31. The van der Waals surface area contributed by atoms with E-state index in [-0.39, 0.29) is 5.97 Å². The van der Waals surface area contributed by atoms with Gasteiger partial charge in [0.1, 0.15) is 0 Å². The third-order valence-electron chi connectivity index (χ3n) is 2.57. The van der Waals surface area contributed by atoms with Crippen LogP contribution in [0.4, 0.5) is 0 Å². The first kappa shape index (κ1) is 9.97. The highest BCUT2D eigenvalue weighted by molar-refractivity contribution is 5.87. The molecule has 0 aliphatic heterocycles. The summed E-state index contributed by atoms with van der Waals surface area (Å²) in [5.74, 6) is -0.138. The van der Waals surface area contributed by atoms with Gasteiger partial charge in [0.2, 0.25) is 0 Å². The first-order valence-electron chi connectivity index (χ1n) is 5.24. The monoisotopic (exact) mass is 202 g/mol. The summed E-state index contributed by atoms with van der Waals surface area (Å²) in [5.41, 5.74) is 3.60. The number of benzene rings is 1. The number of carbonyl (C=O) groups is 1. The number of allylic oxidation sites excluding steroid dienone is 1. The van der Waals surface area contributed by atoms with Crippen LogP contribution in [0.25, 0.3) is 5.57 Å². The van der Waals surface area contributed by atoms with E-state index in [1.165, 1.54) is 11.1 Å². The SMILES string of the molecule is CCOC(=O)CC1=CCc2ccccc21. The molecule has 15 heavy (non-hydrogen) atoms. The van der Waals surface area contributed by atoms with Crippen molar-refractivity contribution in [3.8, 4) is 0 Å².